The number of likely N-dealkylation sites (tertiary alicyclic amines) is 1. The Morgan fingerprint density at radius 3 is 2.34 bits per heavy atom. The fourth-order valence-electron chi connectivity index (χ4n) is 3.71. The van der Waals surface area contributed by atoms with Crippen LogP contribution in [0.4, 0.5) is 13.2 Å². The van der Waals surface area contributed by atoms with Crippen molar-refractivity contribution < 1.29 is 37.8 Å². The monoisotopic (exact) mass is 565 g/mol. The molecule has 13 heteroatoms. The van der Waals surface area contributed by atoms with Crippen molar-refractivity contribution in [2.75, 3.05) is 13.1 Å². The van der Waals surface area contributed by atoms with E-state index in [-0.39, 0.29) is 34.3 Å². The second kappa shape index (κ2) is 11.2. The van der Waals surface area contributed by atoms with Crippen LogP contribution in [0.3, 0.4) is 0 Å². The number of aliphatic hydroxyl groups excluding tert-OH is 2. The number of thioether (sulfide) groups is 1. The van der Waals surface area contributed by atoms with Crippen molar-refractivity contribution in [1.29, 1.82) is 0 Å². The van der Waals surface area contributed by atoms with Crippen LogP contribution in [0.15, 0.2) is 58.6 Å². The van der Waals surface area contributed by atoms with Crippen LogP contribution in [0.25, 0.3) is 6.08 Å². The maximum atomic E-state index is 12.8. The third kappa shape index (κ3) is 6.23. The first-order chi connectivity index (χ1) is 17.9. The lowest BCUT2D eigenvalue weighted by molar-refractivity contribution is -0.137. The van der Waals surface area contributed by atoms with E-state index in [1.807, 2.05) is 0 Å². The molecular weight excluding hydrogens is 543 g/mol. The molecule has 2 amide bonds. The van der Waals surface area contributed by atoms with Crippen LogP contribution < -0.4 is 5.43 Å². The normalized spacial score (nSPS) is 22.3. The number of rotatable bonds is 6. The second-order valence-electron chi connectivity index (χ2n) is 8.58. The molecule has 2 aromatic rings. The molecule has 3 unspecified atom stereocenters. The number of amides is 2. The summed E-state index contributed by atoms with van der Waals surface area (Å²) >= 11 is 2.15. The Labute approximate surface area is 223 Å². The van der Waals surface area contributed by atoms with Gasteiger partial charge in [0.25, 0.3) is 11.8 Å². The van der Waals surface area contributed by atoms with Gasteiger partial charge in [-0.15, -0.1) is 23.1 Å². The zero-order valence-corrected chi connectivity index (χ0v) is 21.4. The summed E-state index contributed by atoms with van der Waals surface area (Å²) in [5, 5.41) is 24.3. The van der Waals surface area contributed by atoms with E-state index in [0.29, 0.717) is 11.1 Å². The Morgan fingerprint density at radius 1 is 1.08 bits per heavy atom. The number of Topliss-reactive ketones (excluding diaryl/α,β-unsaturated/α-hetero) is 1. The Balaban J connectivity index is 1.32. The SMILES string of the molecule is C/C(=N\NC(=O)c1ccc(C(=O)N2CC(O)C(O)C2)s1)C1=CSC(/C=C/c2ccc(C(F)(F)F)cc2)C1=O. The van der Waals surface area contributed by atoms with Gasteiger partial charge in [-0.3, -0.25) is 14.4 Å². The molecule has 0 saturated carbocycles. The summed E-state index contributed by atoms with van der Waals surface area (Å²) in [6, 6.07) is 7.52. The van der Waals surface area contributed by atoms with Crippen molar-refractivity contribution in [2.24, 2.45) is 5.10 Å². The number of hydrogen-bond acceptors (Lipinski definition) is 8. The Hall–Kier alpha value is -3.26. The summed E-state index contributed by atoms with van der Waals surface area (Å²) in [6.07, 6.45) is -3.28. The van der Waals surface area contributed by atoms with Gasteiger partial charge in [0.05, 0.1) is 38.5 Å². The molecule has 1 aromatic carbocycles. The van der Waals surface area contributed by atoms with Crippen LogP contribution in [0.2, 0.25) is 0 Å². The number of thiophene rings is 1. The standard InChI is InChI=1S/C25H22F3N3O5S2/c1-13(16-12-37-19(22(16)34)7-4-14-2-5-15(6-3-14)25(26,27)28)29-30-23(35)20-8-9-21(38-20)24(36)31-10-17(32)18(33)11-31/h2-9,12,17-19,32-33H,10-11H2,1H3,(H,30,35)/b7-4+,29-13+. The molecule has 0 bridgehead atoms. The number of hydrogen-bond donors (Lipinski definition) is 3. The molecule has 38 heavy (non-hydrogen) atoms. The maximum absolute atomic E-state index is 12.8. The topological polar surface area (TPSA) is 119 Å². The number of allylic oxidation sites excluding steroid dienone is 1. The van der Waals surface area contributed by atoms with Gasteiger partial charge in [0, 0.05) is 18.7 Å². The maximum Gasteiger partial charge on any atom is 0.416 e. The number of nitrogens with zero attached hydrogens (tertiary/aromatic N) is 2. The molecule has 2 aliphatic rings. The first-order valence-corrected chi connectivity index (χ1v) is 13.1. The van der Waals surface area contributed by atoms with Crippen LogP contribution in [-0.2, 0) is 11.0 Å². The third-order valence-corrected chi connectivity index (χ3v) is 7.97. The molecule has 8 nitrogen and oxygen atoms in total. The molecule has 200 valence electrons. The first kappa shape index (κ1) is 27.8. The van der Waals surface area contributed by atoms with Crippen LogP contribution in [0.1, 0.15) is 37.4 Å². The van der Waals surface area contributed by atoms with Gasteiger partial charge in [-0.05, 0) is 42.2 Å². The van der Waals surface area contributed by atoms with Crippen molar-refractivity contribution in [2.45, 2.75) is 30.6 Å². The Kier molecular flexibility index (Phi) is 8.21. The minimum Gasteiger partial charge on any atom is -0.388 e. The van der Waals surface area contributed by atoms with Crippen molar-refractivity contribution >= 4 is 52.5 Å². The summed E-state index contributed by atoms with van der Waals surface area (Å²) < 4.78 is 38.1. The van der Waals surface area contributed by atoms with Crippen LogP contribution in [0.5, 0.6) is 0 Å². The van der Waals surface area contributed by atoms with E-state index in [9.17, 15) is 37.8 Å². The highest BCUT2D eigenvalue weighted by Gasteiger charge is 2.34. The van der Waals surface area contributed by atoms with Gasteiger partial charge in [0.1, 0.15) is 0 Å². The van der Waals surface area contributed by atoms with Gasteiger partial charge < -0.3 is 15.1 Å². The highest BCUT2D eigenvalue weighted by molar-refractivity contribution is 8.04. The molecule has 3 N–H and O–H groups in total. The number of hydrazone groups is 1. The predicted octanol–water partition coefficient (Wildman–Crippen LogP) is 3.33. The quantitative estimate of drug-likeness (QED) is 0.365. The summed E-state index contributed by atoms with van der Waals surface area (Å²) in [7, 11) is 0. The number of alkyl halides is 3. The number of halogens is 3. The number of carbonyl (C=O) groups is 3. The first-order valence-electron chi connectivity index (χ1n) is 11.3. The fourth-order valence-corrected chi connectivity index (χ4v) is 5.56. The van der Waals surface area contributed by atoms with E-state index >= 15 is 0 Å². The highest BCUT2D eigenvalue weighted by atomic mass is 32.2. The molecule has 1 fully saturated rings. The summed E-state index contributed by atoms with van der Waals surface area (Å²) in [6.45, 7) is 1.56. The molecule has 0 aliphatic carbocycles. The lowest BCUT2D eigenvalue weighted by Gasteiger charge is -2.13. The van der Waals surface area contributed by atoms with Crippen LogP contribution in [0, 0.1) is 0 Å². The molecule has 0 spiro atoms. The largest absolute Gasteiger partial charge is 0.416 e. The molecule has 0 radical (unpaired) electrons. The molecule has 3 atom stereocenters. The third-order valence-electron chi connectivity index (χ3n) is 5.86. The van der Waals surface area contributed by atoms with Gasteiger partial charge in [-0.2, -0.15) is 18.3 Å². The lowest BCUT2D eigenvalue weighted by Crippen LogP contribution is -2.29. The average Bonchev–Trinajstić information content (AvgIpc) is 3.60. The molecule has 4 rings (SSSR count). The van der Waals surface area contributed by atoms with Crippen molar-refractivity contribution in [3.63, 3.8) is 0 Å². The van der Waals surface area contributed by atoms with Gasteiger partial charge in [0.15, 0.2) is 5.78 Å². The number of β-amino-alcohol motifs (C(OH)–C–C–N with tert-alkyl or cyclic N) is 2. The fraction of sp³-hybridized carbons (Fsp3) is 0.280. The molecule has 1 saturated heterocycles. The molecule has 1 aromatic heterocycles. The van der Waals surface area contributed by atoms with Crippen molar-refractivity contribution in [1.82, 2.24) is 10.3 Å². The average molecular weight is 566 g/mol. The van der Waals surface area contributed by atoms with Gasteiger partial charge in [-0.25, -0.2) is 5.43 Å². The number of nitrogens with one attached hydrogen (secondary N) is 1. The Bertz CT molecular complexity index is 1320. The smallest absolute Gasteiger partial charge is 0.388 e. The van der Waals surface area contributed by atoms with Gasteiger partial charge in [-0.1, -0.05) is 24.3 Å². The number of carbonyl (C=O) groups excluding carboxylic acids is 3. The minimum atomic E-state index is -4.42. The zero-order chi connectivity index (χ0) is 27.6. The number of benzene rings is 1. The van der Waals surface area contributed by atoms with E-state index in [0.717, 1.165) is 23.5 Å². The molecule has 3 heterocycles. The number of aliphatic hydroxyl groups is 2. The molecular formula is C25H22F3N3O5S2. The summed E-state index contributed by atoms with van der Waals surface area (Å²) in [5.74, 6) is -1.24. The van der Waals surface area contributed by atoms with Crippen molar-refractivity contribution in [3.8, 4) is 0 Å². The van der Waals surface area contributed by atoms with Gasteiger partial charge in [0.2, 0.25) is 0 Å². The number of ketones is 1. The van der Waals surface area contributed by atoms with Crippen LogP contribution in [-0.4, -0.2) is 69.0 Å². The lowest BCUT2D eigenvalue weighted by atomic mass is 10.1. The predicted molar refractivity (Wildman–Crippen MR) is 138 cm³/mol. The summed E-state index contributed by atoms with van der Waals surface area (Å²) in [4.78, 5) is 39.6. The highest BCUT2D eigenvalue weighted by Crippen LogP contribution is 2.31. The Morgan fingerprint density at radius 2 is 1.71 bits per heavy atom. The van der Waals surface area contributed by atoms with Gasteiger partial charge >= 0.3 is 6.18 Å². The summed E-state index contributed by atoms with van der Waals surface area (Å²) in [5.41, 5.74) is 2.70. The van der Waals surface area contributed by atoms with E-state index in [4.69, 9.17) is 0 Å². The van der Waals surface area contributed by atoms with E-state index in [2.05, 4.69) is 10.5 Å². The van der Waals surface area contributed by atoms with E-state index in [1.54, 1.807) is 24.5 Å². The van der Waals surface area contributed by atoms with E-state index < -0.39 is 41.0 Å². The molecule has 2 aliphatic heterocycles. The minimum absolute atomic E-state index is 0.00455. The van der Waals surface area contributed by atoms with Crippen molar-refractivity contribution in [3.05, 3.63) is 74.3 Å². The second-order valence-corrected chi connectivity index (χ2v) is 10.7. The van der Waals surface area contributed by atoms with E-state index in [1.165, 1.54) is 40.9 Å². The zero-order valence-electron chi connectivity index (χ0n) is 19.8. The van der Waals surface area contributed by atoms with Crippen LogP contribution >= 0.6 is 23.1 Å².